The van der Waals surface area contributed by atoms with E-state index in [-0.39, 0.29) is 11.5 Å². The zero-order chi connectivity index (χ0) is 15.5. The van der Waals surface area contributed by atoms with Gasteiger partial charge in [-0.15, -0.1) is 0 Å². The Morgan fingerprint density at radius 1 is 1.32 bits per heavy atom. The van der Waals surface area contributed by atoms with Crippen molar-refractivity contribution in [3.05, 3.63) is 40.9 Å². The molecule has 1 aliphatic heterocycles. The number of rotatable bonds is 3. The fraction of sp³-hybridized carbons (Fsp3) is 0.471. The first-order valence-electron chi connectivity index (χ1n) is 7.90. The molecule has 0 aliphatic carbocycles. The van der Waals surface area contributed by atoms with E-state index in [0.29, 0.717) is 29.9 Å². The predicted molar refractivity (Wildman–Crippen MR) is 85.6 cm³/mol. The third-order valence-electron chi connectivity index (χ3n) is 4.42. The van der Waals surface area contributed by atoms with Gasteiger partial charge in [-0.3, -0.25) is 14.2 Å². The van der Waals surface area contributed by atoms with Crippen LogP contribution in [0.4, 0.5) is 0 Å². The maximum atomic E-state index is 12.4. The van der Waals surface area contributed by atoms with Crippen LogP contribution in [0.1, 0.15) is 32.6 Å². The molecule has 3 rings (SSSR count). The topological polar surface area (TPSA) is 55.2 Å². The summed E-state index contributed by atoms with van der Waals surface area (Å²) >= 11 is 0. The molecule has 0 N–H and O–H groups in total. The molecule has 1 fully saturated rings. The Balaban J connectivity index is 1.72. The van der Waals surface area contributed by atoms with Crippen molar-refractivity contribution in [2.75, 3.05) is 6.54 Å². The molecule has 116 valence electrons. The van der Waals surface area contributed by atoms with Gasteiger partial charge in [0.25, 0.3) is 5.56 Å². The molecule has 1 saturated heterocycles. The first kappa shape index (κ1) is 14.8. The van der Waals surface area contributed by atoms with Crippen LogP contribution in [0.25, 0.3) is 10.9 Å². The summed E-state index contributed by atoms with van der Waals surface area (Å²) in [7, 11) is 0. The van der Waals surface area contributed by atoms with Crippen molar-refractivity contribution in [3.63, 3.8) is 0 Å². The number of hydrogen-bond acceptors (Lipinski definition) is 3. The highest BCUT2D eigenvalue weighted by Gasteiger charge is 2.22. The first-order chi connectivity index (χ1) is 10.7. The molecule has 1 atom stereocenters. The van der Waals surface area contributed by atoms with Crippen molar-refractivity contribution in [2.24, 2.45) is 0 Å². The summed E-state index contributed by atoms with van der Waals surface area (Å²) < 4.78 is 1.54. The number of aromatic nitrogens is 2. The number of hydrogen-bond donors (Lipinski definition) is 0. The summed E-state index contributed by atoms with van der Waals surface area (Å²) in [5.41, 5.74) is 0.616. The lowest BCUT2D eigenvalue weighted by Crippen LogP contribution is -2.42. The van der Waals surface area contributed by atoms with E-state index in [1.165, 1.54) is 17.3 Å². The van der Waals surface area contributed by atoms with Crippen molar-refractivity contribution in [2.45, 2.75) is 45.2 Å². The van der Waals surface area contributed by atoms with Crippen molar-refractivity contribution in [1.82, 2.24) is 14.5 Å². The fourth-order valence-corrected chi connectivity index (χ4v) is 3.09. The Hall–Kier alpha value is -2.17. The normalized spacial score (nSPS) is 18.6. The number of para-hydroxylation sites is 1. The van der Waals surface area contributed by atoms with E-state index in [4.69, 9.17) is 0 Å². The lowest BCUT2D eigenvalue weighted by molar-refractivity contribution is -0.134. The second kappa shape index (κ2) is 6.30. The summed E-state index contributed by atoms with van der Waals surface area (Å²) in [6.07, 6.45) is 5.23. The number of carbonyl (C=O) groups is 1. The van der Waals surface area contributed by atoms with Gasteiger partial charge in [0.15, 0.2) is 0 Å². The molecule has 22 heavy (non-hydrogen) atoms. The second-order valence-corrected chi connectivity index (χ2v) is 5.94. The summed E-state index contributed by atoms with van der Waals surface area (Å²) in [5, 5.41) is 0.601. The van der Waals surface area contributed by atoms with Crippen LogP contribution in [0.5, 0.6) is 0 Å². The van der Waals surface area contributed by atoms with Gasteiger partial charge in [0, 0.05) is 25.6 Å². The third-order valence-corrected chi connectivity index (χ3v) is 4.42. The van der Waals surface area contributed by atoms with Gasteiger partial charge in [-0.2, -0.15) is 0 Å². The first-order valence-corrected chi connectivity index (χ1v) is 7.90. The summed E-state index contributed by atoms with van der Waals surface area (Å²) in [6.45, 7) is 3.32. The van der Waals surface area contributed by atoms with Crippen LogP contribution in [0, 0.1) is 0 Å². The van der Waals surface area contributed by atoms with Gasteiger partial charge >= 0.3 is 0 Å². The molecule has 1 unspecified atom stereocenters. The molecule has 1 aromatic carbocycles. The van der Waals surface area contributed by atoms with E-state index in [1.807, 2.05) is 23.1 Å². The maximum Gasteiger partial charge on any atom is 0.261 e. The molecule has 0 bridgehead atoms. The van der Waals surface area contributed by atoms with Crippen molar-refractivity contribution >= 4 is 16.8 Å². The molecule has 1 aliphatic rings. The van der Waals surface area contributed by atoms with Gasteiger partial charge in [-0.1, -0.05) is 12.1 Å². The SMILES string of the molecule is CC1CCCCN1C(=O)CCn1cnc2ccccc2c1=O. The minimum Gasteiger partial charge on any atom is -0.340 e. The Labute approximate surface area is 129 Å². The molecular weight excluding hydrogens is 278 g/mol. The van der Waals surface area contributed by atoms with Crippen LogP contribution in [-0.2, 0) is 11.3 Å². The van der Waals surface area contributed by atoms with Crippen LogP contribution >= 0.6 is 0 Å². The number of nitrogens with zero attached hydrogens (tertiary/aromatic N) is 3. The van der Waals surface area contributed by atoms with Crippen LogP contribution in [0.2, 0.25) is 0 Å². The standard InChI is InChI=1S/C17H21N3O2/c1-13-6-4-5-10-20(13)16(21)9-11-19-12-18-15-8-3-2-7-14(15)17(19)22/h2-3,7-8,12-13H,4-6,9-11H2,1H3. The highest BCUT2D eigenvalue weighted by molar-refractivity contribution is 5.77. The number of benzene rings is 1. The molecule has 2 heterocycles. The minimum atomic E-state index is -0.0786. The summed E-state index contributed by atoms with van der Waals surface area (Å²) in [5.74, 6) is 0.132. The molecule has 5 nitrogen and oxygen atoms in total. The van der Waals surface area contributed by atoms with E-state index in [0.717, 1.165) is 19.4 Å². The lowest BCUT2D eigenvalue weighted by atomic mass is 10.0. The molecule has 1 aromatic heterocycles. The number of carbonyl (C=O) groups excluding carboxylic acids is 1. The smallest absolute Gasteiger partial charge is 0.261 e. The van der Waals surface area contributed by atoms with Gasteiger partial charge < -0.3 is 4.90 Å². The Bertz CT molecular complexity index is 738. The van der Waals surface area contributed by atoms with Gasteiger partial charge in [-0.25, -0.2) is 4.98 Å². The molecule has 2 aromatic rings. The highest BCUT2D eigenvalue weighted by Crippen LogP contribution is 2.17. The number of aryl methyl sites for hydroxylation is 1. The molecule has 0 spiro atoms. The van der Waals surface area contributed by atoms with Gasteiger partial charge in [0.1, 0.15) is 0 Å². The predicted octanol–water partition coefficient (Wildman–Crippen LogP) is 2.19. The second-order valence-electron chi connectivity index (χ2n) is 5.94. The molecule has 1 amide bonds. The Kier molecular flexibility index (Phi) is 4.22. The largest absolute Gasteiger partial charge is 0.340 e. The van der Waals surface area contributed by atoms with Gasteiger partial charge in [0.2, 0.25) is 5.91 Å². The van der Waals surface area contributed by atoms with Crippen LogP contribution < -0.4 is 5.56 Å². The third kappa shape index (κ3) is 2.89. The lowest BCUT2D eigenvalue weighted by Gasteiger charge is -2.33. The number of amides is 1. The van der Waals surface area contributed by atoms with Gasteiger partial charge in [0.05, 0.1) is 17.2 Å². The van der Waals surface area contributed by atoms with E-state index in [2.05, 4.69) is 11.9 Å². The van der Waals surface area contributed by atoms with Crippen molar-refractivity contribution in [3.8, 4) is 0 Å². The summed E-state index contributed by atoms with van der Waals surface area (Å²) in [6, 6.07) is 7.60. The van der Waals surface area contributed by atoms with Gasteiger partial charge in [-0.05, 0) is 38.3 Å². The molecule has 0 radical (unpaired) electrons. The van der Waals surface area contributed by atoms with E-state index in [1.54, 1.807) is 6.07 Å². The maximum absolute atomic E-state index is 12.4. The quantitative estimate of drug-likeness (QED) is 0.873. The monoisotopic (exact) mass is 299 g/mol. The zero-order valence-corrected chi connectivity index (χ0v) is 12.9. The average molecular weight is 299 g/mol. The molecule has 5 heteroatoms. The van der Waals surface area contributed by atoms with E-state index in [9.17, 15) is 9.59 Å². The minimum absolute atomic E-state index is 0.0786. The highest BCUT2D eigenvalue weighted by atomic mass is 16.2. The van der Waals surface area contributed by atoms with Crippen molar-refractivity contribution in [1.29, 1.82) is 0 Å². The zero-order valence-electron chi connectivity index (χ0n) is 12.9. The fourth-order valence-electron chi connectivity index (χ4n) is 3.09. The average Bonchev–Trinajstić information content (AvgIpc) is 2.55. The molecular formula is C17H21N3O2. The van der Waals surface area contributed by atoms with E-state index >= 15 is 0 Å². The molecule has 0 saturated carbocycles. The summed E-state index contributed by atoms with van der Waals surface area (Å²) in [4.78, 5) is 31.0. The van der Waals surface area contributed by atoms with Crippen LogP contribution in [-0.4, -0.2) is 32.9 Å². The Morgan fingerprint density at radius 3 is 2.95 bits per heavy atom. The van der Waals surface area contributed by atoms with Crippen molar-refractivity contribution < 1.29 is 4.79 Å². The van der Waals surface area contributed by atoms with E-state index < -0.39 is 0 Å². The number of piperidine rings is 1. The van der Waals surface area contributed by atoms with Crippen LogP contribution in [0.3, 0.4) is 0 Å². The Morgan fingerprint density at radius 2 is 2.14 bits per heavy atom. The number of fused-ring (bicyclic) bond motifs is 1. The number of likely N-dealkylation sites (tertiary alicyclic amines) is 1. The van der Waals surface area contributed by atoms with Crippen LogP contribution in [0.15, 0.2) is 35.4 Å².